The second kappa shape index (κ2) is 2.62. The van der Waals surface area contributed by atoms with Crippen LogP contribution in [0, 0.1) is 0 Å². The summed E-state index contributed by atoms with van der Waals surface area (Å²) in [5.74, 6) is 0. The highest BCUT2D eigenvalue weighted by Gasteiger charge is 1.98. The van der Waals surface area contributed by atoms with E-state index in [0.29, 0.717) is 16.4 Å². The van der Waals surface area contributed by atoms with Crippen molar-refractivity contribution in [2.75, 3.05) is 0 Å². The molecule has 1 heterocycles. The molecule has 0 spiro atoms. The first-order chi connectivity index (χ1) is 6.16. The standard InChI is InChI=1S/C8H5BN2O2/c9-4-1-2-6-5(3-4)7(12)11-8(13)10-6/h1-3H,(H2,10,11,12,13). The van der Waals surface area contributed by atoms with Gasteiger partial charge in [-0.05, 0) is 6.07 Å². The Bertz CT molecular complexity index is 570. The van der Waals surface area contributed by atoms with E-state index in [-0.39, 0.29) is 0 Å². The van der Waals surface area contributed by atoms with E-state index in [1.807, 2.05) is 0 Å². The van der Waals surface area contributed by atoms with Crippen molar-refractivity contribution in [1.29, 1.82) is 0 Å². The second-order valence-electron chi connectivity index (χ2n) is 2.71. The van der Waals surface area contributed by atoms with Gasteiger partial charge in [0.15, 0.2) is 0 Å². The van der Waals surface area contributed by atoms with Gasteiger partial charge >= 0.3 is 5.69 Å². The van der Waals surface area contributed by atoms with Crippen LogP contribution in [-0.2, 0) is 0 Å². The number of rotatable bonds is 0. The van der Waals surface area contributed by atoms with Gasteiger partial charge in [-0.25, -0.2) is 4.79 Å². The highest BCUT2D eigenvalue weighted by atomic mass is 16.2. The van der Waals surface area contributed by atoms with Crippen LogP contribution in [0.2, 0.25) is 0 Å². The van der Waals surface area contributed by atoms with Crippen molar-refractivity contribution in [3.63, 3.8) is 0 Å². The Morgan fingerprint density at radius 1 is 1.15 bits per heavy atom. The maximum atomic E-state index is 11.2. The van der Waals surface area contributed by atoms with Crippen LogP contribution < -0.4 is 16.7 Å². The summed E-state index contributed by atoms with van der Waals surface area (Å²) in [6.45, 7) is 0. The lowest BCUT2D eigenvalue weighted by Gasteiger charge is -1.96. The van der Waals surface area contributed by atoms with Crippen LogP contribution in [0.4, 0.5) is 0 Å². The largest absolute Gasteiger partial charge is 0.326 e. The molecule has 1 aromatic carbocycles. The number of aromatic amines is 2. The van der Waals surface area contributed by atoms with Crippen molar-refractivity contribution in [2.24, 2.45) is 0 Å². The molecule has 4 nitrogen and oxygen atoms in total. The molecule has 13 heavy (non-hydrogen) atoms. The predicted octanol–water partition coefficient (Wildman–Crippen LogP) is -0.990. The normalized spacial score (nSPS) is 10.5. The van der Waals surface area contributed by atoms with Crippen LogP contribution >= 0.6 is 0 Å². The first-order valence-corrected chi connectivity index (χ1v) is 3.68. The van der Waals surface area contributed by atoms with Crippen molar-refractivity contribution in [3.05, 3.63) is 39.0 Å². The Morgan fingerprint density at radius 2 is 1.92 bits per heavy atom. The fourth-order valence-corrected chi connectivity index (χ4v) is 1.18. The van der Waals surface area contributed by atoms with E-state index < -0.39 is 11.2 Å². The number of fused-ring (bicyclic) bond motifs is 1. The van der Waals surface area contributed by atoms with Crippen LogP contribution in [-0.4, -0.2) is 17.8 Å². The van der Waals surface area contributed by atoms with Gasteiger partial charge in [0.25, 0.3) is 5.56 Å². The molecular formula is C8H5BN2O2. The van der Waals surface area contributed by atoms with Crippen LogP contribution in [0.1, 0.15) is 0 Å². The van der Waals surface area contributed by atoms with Crippen molar-refractivity contribution >= 4 is 24.2 Å². The molecule has 0 saturated carbocycles. The monoisotopic (exact) mass is 172 g/mol. The lowest BCUT2D eigenvalue weighted by atomic mass is 9.95. The zero-order valence-electron chi connectivity index (χ0n) is 6.63. The minimum Gasteiger partial charge on any atom is -0.307 e. The molecule has 2 N–H and O–H groups in total. The van der Waals surface area contributed by atoms with Gasteiger partial charge in [-0.15, -0.1) is 0 Å². The van der Waals surface area contributed by atoms with Crippen LogP contribution in [0.5, 0.6) is 0 Å². The first-order valence-electron chi connectivity index (χ1n) is 3.68. The van der Waals surface area contributed by atoms with E-state index in [9.17, 15) is 9.59 Å². The fraction of sp³-hybridized carbons (Fsp3) is 0. The molecule has 2 aromatic rings. The van der Waals surface area contributed by atoms with Gasteiger partial charge in [0, 0.05) is 0 Å². The van der Waals surface area contributed by atoms with Crippen LogP contribution in [0.15, 0.2) is 27.8 Å². The summed E-state index contributed by atoms with van der Waals surface area (Å²) in [6.07, 6.45) is 0. The third-order valence-electron chi connectivity index (χ3n) is 1.76. The van der Waals surface area contributed by atoms with Crippen molar-refractivity contribution < 1.29 is 0 Å². The van der Waals surface area contributed by atoms with Gasteiger partial charge in [0.05, 0.1) is 10.9 Å². The summed E-state index contributed by atoms with van der Waals surface area (Å²) in [7, 11) is 5.49. The molecule has 0 bridgehead atoms. The molecule has 0 saturated heterocycles. The van der Waals surface area contributed by atoms with E-state index in [2.05, 4.69) is 9.97 Å². The van der Waals surface area contributed by atoms with Crippen LogP contribution in [0.3, 0.4) is 0 Å². The Labute approximate surface area is 74.0 Å². The summed E-state index contributed by atoms with van der Waals surface area (Å²) in [5, 5.41) is 0.389. The lowest BCUT2D eigenvalue weighted by molar-refractivity contribution is 1.08. The molecule has 0 atom stereocenters. The molecule has 2 rings (SSSR count). The van der Waals surface area contributed by atoms with E-state index in [0.717, 1.165) is 0 Å². The second-order valence-corrected chi connectivity index (χ2v) is 2.71. The number of benzene rings is 1. The molecule has 62 valence electrons. The summed E-state index contributed by atoms with van der Waals surface area (Å²) in [5.41, 5.74) is 0.0429. The van der Waals surface area contributed by atoms with Gasteiger partial charge in [-0.3, -0.25) is 9.78 Å². The first kappa shape index (κ1) is 7.85. The average molecular weight is 172 g/mol. The number of hydrogen-bond acceptors (Lipinski definition) is 2. The Morgan fingerprint density at radius 3 is 2.69 bits per heavy atom. The summed E-state index contributed by atoms with van der Waals surface area (Å²) in [6, 6.07) is 4.74. The minimum absolute atomic E-state index is 0.389. The Kier molecular flexibility index (Phi) is 1.58. The molecule has 0 amide bonds. The summed E-state index contributed by atoms with van der Waals surface area (Å²) in [4.78, 5) is 26.7. The van der Waals surface area contributed by atoms with Gasteiger partial charge in [0.2, 0.25) is 0 Å². The number of nitrogens with one attached hydrogen (secondary N) is 2. The topological polar surface area (TPSA) is 65.7 Å². The van der Waals surface area contributed by atoms with Gasteiger partial charge < -0.3 is 4.98 Å². The third-order valence-corrected chi connectivity index (χ3v) is 1.76. The van der Waals surface area contributed by atoms with E-state index >= 15 is 0 Å². The third kappa shape index (κ3) is 1.28. The minimum atomic E-state index is -0.512. The zero-order valence-corrected chi connectivity index (χ0v) is 6.63. The Balaban J connectivity index is 3.04. The van der Waals surface area contributed by atoms with Crippen molar-refractivity contribution in [1.82, 2.24) is 9.97 Å². The van der Waals surface area contributed by atoms with Gasteiger partial charge in [0.1, 0.15) is 7.85 Å². The smallest absolute Gasteiger partial charge is 0.307 e. The molecular weight excluding hydrogens is 167 g/mol. The number of hydrogen-bond donors (Lipinski definition) is 2. The quantitative estimate of drug-likeness (QED) is 0.501. The molecule has 1 aromatic heterocycles. The maximum absolute atomic E-state index is 11.2. The fourth-order valence-electron chi connectivity index (χ4n) is 1.18. The molecule has 2 radical (unpaired) electrons. The van der Waals surface area contributed by atoms with Gasteiger partial charge in [-0.1, -0.05) is 17.6 Å². The molecule has 0 unspecified atom stereocenters. The summed E-state index contributed by atoms with van der Waals surface area (Å²) >= 11 is 0. The lowest BCUT2D eigenvalue weighted by Crippen LogP contribution is -2.22. The molecule has 0 aliphatic heterocycles. The molecule has 5 heteroatoms. The highest BCUT2D eigenvalue weighted by molar-refractivity contribution is 6.33. The number of aromatic nitrogens is 2. The predicted molar refractivity (Wildman–Crippen MR) is 50.6 cm³/mol. The molecule has 0 aliphatic carbocycles. The van der Waals surface area contributed by atoms with E-state index in [1.165, 1.54) is 6.07 Å². The zero-order chi connectivity index (χ0) is 9.42. The molecule has 0 fully saturated rings. The van der Waals surface area contributed by atoms with E-state index in [4.69, 9.17) is 7.85 Å². The summed E-state index contributed by atoms with van der Waals surface area (Å²) < 4.78 is 0. The van der Waals surface area contributed by atoms with Crippen molar-refractivity contribution in [2.45, 2.75) is 0 Å². The SMILES string of the molecule is [B]c1ccc2[nH]c(=O)[nH]c(=O)c2c1. The van der Waals surface area contributed by atoms with Crippen molar-refractivity contribution in [3.8, 4) is 0 Å². The van der Waals surface area contributed by atoms with Gasteiger partial charge in [-0.2, -0.15) is 0 Å². The maximum Gasteiger partial charge on any atom is 0.326 e. The average Bonchev–Trinajstić information content (AvgIpc) is 2.06. The Hall–Kier alpha value is -1.78. The van der Waals surface area contributed by atoms with Crippen LogP contribution in [0.25, 0.3) is 10.9 Å². The van der Waals surface area contributed by atoms with E-state index in [1.54, 1.807) is 12.1 Å². The number of H-pyrrole nitrogens is 2. The molecule has 0 aliphatic rings. The highest BCUT2D eigenvalue weighted by Crippen LogP contribution is 1.99.